The van der Waals surface area contributed by atoms with Crippen LogP contribution in [-0.2, 0) is 41.7 Å². The van der Waals surface area contributed by atoms with E-state index in [9.17, 15) is 19.2 Å². The van der Waals surface area contributed by atoms with Crippen molar-refractivity contribution in [2.75, 3.05) is 13.6 Å². The van der Waals surface area contributed by atoms with Crippen LogP contribution in [0.3, 0.4) is 0 Å². The van der Waals surface area contributed by atoms with Gasteiger partial charge < -0.3 is 25.0 Å². The lowest BCUT2D eigenvalue weighted by molar-refractivity contribution is -0.159. The summed E-state index contributed by atoms with van der Waals surface area (Å²) in [6.45, 7) is 5.69. The molecule has 1 heterocycles. The van der Waals surface area contributed by atoms with E-state index in [0.717, 1.165) is 11.1 Å². The standard InChI is InChI=1S/C30H39N3O6/c1-30(2,3)39-26(34)19-23(31)27(35)32(4)25(18-21-12-7-5-8-13-21)28(36)33-17-11-16-24(33)29(37)38-20-22-14-9-6-10-15-22/h5-10,12-15,23-25H,11,16-20,31H2,1-4H3/t23-,24-,25?/m0/s1. The average molecular weight is 538 g/mol. The first-order chi connectivity index (χ1) is 18.5. The number of nitrogens with zero attached hydrogens (tertiary/aromatic N) is 2. The van der Waals surface area contributed by atoms with Crippen LogP contribution in [0.5, 0.6) is 0 Å². The summed E-state index contributed by atoms with van der Waals surface area (Å²) in [5, 5.41) is 0. The van der Waals surface area contributed by atoms with Gasteiger partial charge in [-0.05, 0) is 44.7 Å². The van der Waals surface area contributed by atoms with Crippen LogP contribution in [0.1, 0.15) is 51.2 Å². The summed E-state index contributed by atoms with van der Waals surface area (Å²) in [5.74, 6) is -1.99. The van der Waals surface area contributed by atoms with Crippen molar-refractivity contribution >= 4 is 23.8 Å². The van der Waals surface area contributed by atoms with E-state index in [0.29, 0.717) is 19.4 Å². The number of likely N-dealkylation sites (N-methyl/N-ethyl adjacent to an activating group) is 1. The maximum absolute atomic E-state index is 13.9. The number of hydrogen-bond acceptors (Lipinski definition) is 7. The zero-order valence-electron chi connectivity index (χ0n) is 23.2. The molecule has 9 nitrogen and oxygen atoms in total. The fourth-order valence-electron chi connectivity index (χ4n) is 4.58. The van der Waals surface area contributed by atoms with Crippen molar-refractivity contribution in [3.05, 3.63) is 71.8 Å². The van der Waals surface area contributed by atoms with E-state index in [1.54, 1.807) is 20.8 Å². The first-order valence-electron chi connectivity index (χ1n) is 13.3. The molecule has 0 aliphatic carbocycles. The van der Waals surface area contributed by atoms with Gasteiger partial charge in [0.2, 0.25) is 11.8 Å². The zero-order valence-corrected chi connectivity index (χ0v) is 23.2. The van der Waals surface area contributed by atoms with Gasteiger partial charge in [-0.2, -0.15) is 0 Å². The van der Waals surface area contributed by atoms with E-state index in [-0.39, 0.29) is 25.4 Å². The molecule has 0 saturated carbocycles. The third-order valence-corrected chi connectivity index (χ3v) is 6.53. The molecule has 210 valence electrons. The van der Waals surface area contributed by atoms with E-state index in [1.807, 2.05) is 60.7 Å². The molecule has 1 unspecified atom stereocenters. The number of ether oxygens (including phenoxy) is 2. The van der Waals surface area contributed by atoms with Crippen LogP contribution in [-0.4, -0.2) is 70.9 Å². The van der Waals surface area contributed by atoms with E-state index in [1.165, 1.54) is 16.8 Å². The van der Waals surface area contributed by atoms with Crippen molar-refractivity contribution in [3.8, 4) is 0 Å². The Balaban J connectivity index is 1.75. The van der Waals surface area contributed by atoms with Crippen LogP contribution in [0.2, 0.25) is 0 Å². The van der Waals surface area contributed by atoms with Gasteiger partial charge in [-0.3, -0.25) is 14.4 Å². The molecule has 0 aromatic heterocycles. The minimum absolute atomic E-state index is 0.115. The third kappa shape index (κ3) is 8.64. The normalized spacial score (nSPS) is 16.7. The van der Waals surface area contributed by atoms with Crippen LogP contribution in [0, 0.1) is 0 Å². The Bertz CT molecular complexity index is 1130. The Hall–Kier alpha value is -3.72. The molecule has 1 aliphatic rings. The second-order valence-electron chi connectivity index (χ2n) is 10.8. The highest BCUT2D eigenvalue weighted by molar-refractivity contribution is 5.93. The minimum atomic E-state index is -1.18. The van der Waals surface area contributed by atoms with Crippen molar-refractivity contribution in [2.24, 2.45) is 5.73 Å². The fraction of sp³-hybridized carbons (Fsp3) is 0.467. The number of likely N-dealkylation sites (tertiary alicyclic amines) is 1. The van der Waals surface area contributed by atoms with E-state index in [4.69, 9.17) is 15.2 Å². The lowest BCUT2D eigenvalue weighted by atomic mass is 10.0. The van der Waals surface area contributed by atoms with Crippen molar-refractivity contribution in [1.82, 2.24) is 9.80 Å². The largest absolute Gasteiger partial charge is 0.460 e. The van der Waals surface area contributed by atoms with Gasteiger partial charge in [0.1, 0.15) is 24.3 Å². The Morgan fingerprint density at radius 2 is 1.59 bits per heavy atom. The molecule has 2 N–H and O–H groups in total. The second kappa shape index (κ2) is 13.4. The van der Waals surface area contributed by atoms with Gasteiger partial charge >= 0.3 is 11.9 Å². The first-order valence-corrected chi connectivity index (χ1v) is 13.3. The highest BCUT2D eigenvalue weighted by atomic mass is 16.6. The summed E-state index contributed by atoms with van der Waals surface area (Å²) in [5.41, 5.74) is 7.09. The molecule has 2 aromatic carbocycles. The van der Waals surface area contributed by atoms with Gasteiger partial charge in [0.05, 0.1) is 12.5 Å². The molecule has 0 spiro atoms. The SMILES string of the molecule is CN(C(=O)[C@@H](N)CC(=O)OC(C)(C)C)C(Cc1ccccc1)C(=O)N1CCC[C@H]1C(=O)OCc1ccccc1. The molecule has 0 radical (unpaired) electrons. The van der Waals surface area contributed by atoms with Gasteiger partial charge in [0, 0.05) is 20.0 Å². The lowest BCUT2D eigenvalue weighted by Crippen LogP contribution is -2.56. The molecule has 0 bridgehead atoms. The maximum Gasteiger partial charge on any atom is 0.329 e. The zero-order chi connectivity index (χ0) is 28.6. The average Bonchev–Trinajstić information content (AvgIpc) is 3.39. The van der Waals surface area contributed by atoms with Crippen molar-refractivity contribution in [3.63, 3.8) is 0 Å². The van der Waals surface area contributed by atoms with Gasteiger partial charge in [0.25, 0.3) is 0 Å². The Kier molecular flexibility index (Phi) is 10.2. The molecule has 3 rings (SSSR count). The molecule has 9 heteroatoms. The van der Waals surface area contributed by atoms with E-state index in [2.05, 4.69) is 0 Å². The molecule has 2 aromatic rings. The summed E-state index contributed by atoms with van der Waals surface area (Å²) >= 11 is 0. The van der Waals surface area contributed by atoms with Crippen molar-refractivity contribution < 1.29 is 28.7 Å². The number of carbonyl (C=O) groups is 4. The summed E-state index contributed by atoms with van der Waals surface area (Å²) in [4.78, 5) is 55.3. The molecular formula is C30H39N3O6. The van der Waals surface area contributed by atoms with Crippen LogP contribution >= 0.6 is 0 Å². The second-order valence-corrected chi connectivity index (χ2v) is 10.8. The highest BCUT2D eigenvalue weighted by Gasteiger charge is 2.41. The number of hydrogen-bond donors (Lipinski definition) is 1. The van der Waals surface area contributed by atoms with Crippen molar-refractivity contribution in [2.45, 2.75) is 76.8 Å². The topological polar surface area (TPSA) is 119 Å². The number of carbonyl (C=O) groups excluding carboxylic acids is 4. The molecule has 1 fully saturated rings. The quantitative estimate of drug-likeness (QED) is 0.463. The van der Waals surface area contributed by atoms with Gasteiger partial charge in [-0.25, -0.2) is 4.79 Å². The summed E-state index contributed by atoms with van der Waals surface area (Å²) in [6.07, 6.45) is 1.03. The molecule has 1 saturated heterocycles. The van der Waals surface area contributed by atoms with Gasteiger partial charge in [0.15, 0.2) is 0 Å². The van der Waals surface area contributed by atoms with Gasteiger partial charge in [-0.15, -0.1) is 0 Å². The Morgan fingerprint density at radius 3 is 2.18 bits per heavy atom. The number of amides is 2. The summed E-state index contributed by atoms with van der Waals surface area (Å²) < 4.78 is 10.8. The molecule has 1 aliphatic heterocycles. The maximum atomic E-state index is 13.9. The lowest BCUT2D eigenvalue weighted by Gasteiger charge is -2.34. The smallest absolute Gasteiger partial charge is 0.329 e. The molecule has 2 amide bonds. The predicted octanol–water partition coefficient (Wildman–Crippen LogP) is 2.85. The fourth-order valence-corrected chi connectivity index (χ4v) is 4.58. The Labute approximate surface area is 230 Å². The minimum Gasteiger partial charge on any atom is -0.460 e. The Morgan fingerprint density at radius 1 is 1.00 bits per heavy atom. The number of benzene rings is 2. The van der Waals surface area contributed by atoms with E-state index < -0.39 is 41.6 Å². The summed E-state index contributed by atoms with van der Waals surface area (Å²) in [6, 6.07) is 15.8. The van der Waals surface area contributed by atoms with Crippen LogP contribution in [0.4, 0.5) is 0 Å². The predicted molar refractivity (Wildman–Crippen MR) is 146 cm³/mol. The van der Waals surface area contributed by atoms with Crippen LogP contribution in [0.25, 0.3) is 0 Å². The van der Waals surface area contributed by atoms with Crippen molar-refractivity contribution in [1.29, 1.82) is 0 Å². The van der Waals surface area contributed by atoms with E-state index >= 15 is 0 Å². The molecule has 3 atom stereocenters. The number of esters is 2. The number of rotatable bonds is 10. The van der Waals surface area contributed by atoms with Crippen LogP contribution in [0.15, 0.2) is 60.7 Å². The first kappa shape index (κ1) is 29.8. The third-order valence-electron chi connectivity index (χ3n) is 6.53. The van der Waals surface area contributed by atoms with Crippen LogP contribution < -0.4 is 5.73 Å². The highest BCUT2D eigenvalue weighted by Crippen LogP contribution is 2.23. The molecule has 39 heavy (non-hydrogen) atoms. The molecular weight excluding hydrogens is 498 g/mol. The monoisotopic (exact) mass is 537 g/mol. The summed E-state index contributed by atoms with van der Waals surface area (Å²) in [7, 11) is 1.50. The van der Waals surface area contributed by atoms with Gasteiger partial charge in [-0.1, -0.05) is 60.7 Å². The number of nitrogens with two attached hydrogens (primary N) is 1.